The lowest BCUT2D eigenvalue weighted by molar-refractivity contribution is -0.104. The minimum absolute atomic E-state index is 0.870. The zero-order valence-corrected chi connectivity index (χ0v) is 12.6. The summed E-state index contributed by atoms with van der Waals surface area (Å²) in [7, 11) is 0. The van der Waals surface area contributed by atoms with E-state index < -0.39 is 0 Å². The predicted octanol–water partition coefficient (Wildman–Crippen LogP) is 5.04. The molecular formula is C17H22OS. The Morgan fingerprint density at radius 3 is 2.47 bits per heavy atom. The first kappa shape index (κ1) is 15.8. The Morgan fingerprint density at radius 1 is 1.11 bits per heavy atom. The van der Waals surface area contributed by atoms with Crippen LogP contribution in [0.15, 0.2) is 58.5 Å². The van der Waals surface area contributed by atoms with Gasteiger partial charge < -0.3 is 0 Å². The monoisotopic (exact) mass is 274 g/mol. The molecule has 0 amide bonds. The van der Waals surface area contributed by atoms with Gasteiger partial charge >= 0.3 is 0 Å². The van der Waals surface area contributed by atoms with E-state index >= 15 is 0 Å². The second-order valence-electron chi connectivity index (χ2n) is 4.68. The lowest BCUT2D eigenvalue weighted by Crippen LogP contribution is -1.84. The number of allylic oxidation sites excluding steroid dienone is 3. The summed E-state index contributed by atoms with van der Waals surface area (Å²) in [6.07, 6.45) is 8.07. The predicted molar refractivity (Wildman–Crippen MR) is 84.6 cm³/mol. The van der Waals surface area contributed by atoms with E-state index in [-0.39, 0.29) is 0 Å². The Bertz CT molecular complexity index is 432. The fourth-order valence-electron chi connectivity index (χ4n) is 1.74. The summed E-state index contributed by atoms with van der Waals surface area (Å²) in [6, 6.07) is 10.5. The molecule has 2 heteroatoms. The van der Waals surface area contributed by atoms with E-state index in [0.29, 0.717) is 0 Å². The van der Waals surface area contributed by atoms with Crippen molar-refractivity contribution in [3.05, 3.63) is 53.6 Å². The van der Waals surface area contributed by atoms with Crippen molar-refractivity contribution in [2.45, 2.75) is 38.0 Å². The molecule has 1 nitrogen and oxygen atoms in total. The highest BCUT2D eigenvalue weighted by molar-refractivity contribution is 7.99. The zero-order chi connectivity index (χ0) is 13.9. The second-order valence-corrected chi connectivity index (χ2v) is 5.77. The van der Waals surface area contributed by atoms with Gasteiger partial charge in [0.05, 0.1) is 0 Å². The molecule has 0 heterocycles. The molecule has 0 saturated carbocycles. The van der Waals surface area contributed by atoms with Crippen LogP contribution < -0.4 is 0 Å². The van der Waals surface area contributed by atoms with Crippen LogP contribution in [0.1, 0.15) is 33.1 Å². The molecule has 0 fully saturated rings. The molecule has 19 heavy (non-hydrogen) atoms. The average molecular weight is 274 g/mol. The summed E-state index contributed by atoms with van der Waals surface area (Å²) in [5.41, 5.74) is 2.60. The van der Waals surface area contributed by atoms with Gasteiger partial charge in [0, 0.05) is 10.6 Å². The van der Waals surface area contributed by atoms with E-state index in [0.717, 1.165) is 31.3 Å². The van der Waals surface area contributed by atoms with Gasteiger partial charge in [-0.25, -0.2) is 0 Å². The number of thioether (sulfide) groups is 1. The van der Waals surface area contributed by atoms with Crippen LogP contribution >= 0.6 is 11.8 Å². The summed E-state index contributed by atoms with van der Waals surface area (Å²) in [5, 5.41) is 0. The van der Waals surface area contributed by atoms with Crippen molar-refractivity contribution < 1.29 is 4.79 Å². The Labute approximate surface area is 120 Å². The molecule has 0 aromatic heterocycles. The molecule has 0 saturated heterocycles. The van der Waals surface area contributed by atoms with Crippen molar-refractivity contribution in [1.82, 2.24) is 0 Å². The van der Waals surface area contributed by atoms with E-state index in [2.05, 4.69) is 37.3 Å². The quantitative estimate of drug-likeness (QED) is 0.286. The zero-order valence-electron chi connectivity index (χ0n) is 11.8. The largest absolute Gasteiger partial charge is 0.299 e. The van der Waals surface area contributed by atoms with Gasteiger partial charge in [0.1, 0.15) is 6.29 Å². The maximum Gasteiger partial charge on any atom is 0.142 e. The standard InChI is InChI=1S/C17H22OS/c1-15(11-13-18)7-6-8-16(2)12-14-19-17-9-4-3-5-10-17/h3-5,9-13H,6-8,14H2,1-2H3/b15-11+,16-12+. The van der Waals surface area contributed by atoms with E-state index in [1.165, 1.54) is 16.0 Å². The maximum atomic E-state index is 10.3. The molecule has 1 rings (SSSR count). The van der Waals surface area contributed by atoms with Crippen molar-refractivity contribution in [1.29, 1.82) is 0 Å². The Balaban J connectivity index is 2.22. The van der Waals surface area contributed by atoms with Crippen LogP contribution in [0.3, 0.4) is 0 Å². The molecule has 0 bridgehead atoms. The highest BCUT2D eigenvalue weighted by atomic mass is 32.2. The van der Waals surface area contributed by atoms with Crippen molar-refractivity contribution >= 4 is 18.0 Å². The minimum Gasteiger partial charge on any atom is -0.299 e. The number of benzene rings is 1. The van der Waals surface area contributed by atoms with Crippen LogP contribution in [-0.4, -0.2) is 12.0 Å². The van der Waals surface area contributed by atoms with E-state index in [1.807, 2.05) is 24.8 Å². The number of hydrogen-bond acceptors (Lipinski definition) is 2. The van der Waals surface area contributed by atoms with Crippen molar-refractivity contribution in [3.8, 4) is 0 Å². The van der Waals surface area contributed by atoms with Gasteiger partial charge in [-0.05, 0) is 51.3 Å². The SMILES string of the molecule is C/C(=C\C=O)CCC/C(C)=C/CSc1ccccc1. The van der Waals surface area contributed by atoms with Gasteiger partial charge in [-0.3, -0.25) is 4.79 Å². The summed E-state index contributed by atoms with van der Waals surface area (Å²) in [6.45, 7) is 4.20. The second kappa shape index (κ2) is 9.62. The third kappa shape index (κ3) is 7.68. The van der Waals surface area contributed by atoms with E-state index in [1.54, 1.807) is 6.08 Å². The Morgan fingerprint density at radius 2 is 1.79 bits per heavy atom. The lowest BCUT2D eigenvalue weighted by atomic mass is 10.1. The molecule has 0 spiro atoms. The molecule has 0 unspecified atom stereocenters. The van der Waals surface area contributed by atoms with Crippen LogP contribution in [0.2, 0.25) is 0 Å². The van der Waals surface area contributed by atoms with Crippen LogP contribution in [-0.2, 0) is 4.79 Å². The molecule has 0 aliphatic rings. The van der Waals surface area contributed by atoms with Gasteiger partial charge in [-0.1, -0.05) is 35.4 Å². The van der Waals surface area contributed by atoms with Crippen molar-refractivity contribution in [3.63, 3.8) is 0 Å². The van der Waals surface area contributed by atoms with E-state index in [9.17, 15) is 4.79 Å². The Hall–Kier alpha value is -1.28. The topological polar surface area (TPSA) is 17.1 Å². The van der Waals surface area contributed by atoms with Gasteiger partial charge in [-0.15, -0.1) is 11.8 Å². The highest BCUT2D eigenvalue weighted by Crippen LogP contribution is 2.18. The van der Waals surface area contributed by atoms with Crippen LogP contribution in [0.5, 0.6) is 0 Å². The molecule has 0 aliphatic heterocycles. The Kier molecular flexibility index (Phi) is 7.99. The maximum absolute atomic E-state index is 10.3. The smallest absolute Gasteiger partial charge is 0.142 e. The van der Waals surface area contributed by atoms with Crippen LogP contribution in [0, 0.1) is 0 Å². The van der Waals surface area contributed by atoms with Gasteiger partial charge in [-0.2, -0.15) is 0 Å². The third-order valence-electron chi connectivity index (χ3n) is 2.92. The fourth-order valence-corrected chi connectivity index (χ4v) is 2.65. The first-order valence-corrected chi connectivity index (χ1v) is 7.65. The first-order chi connectivity index (χ1) is 9.22. The average Bonchev–Trinajstić information content (AvgIpc) is 2.40. The number of carbonyl (C=O) groups is 1. The summed E-state index contributed by atoms with van der Waals surface area (Å²) >= 11 is 1.86. The normalized spacial score (nSPS) is 12.5. The fraction of sp³-hybridized carbons (Fsp3) is 0.353. The van der Waals surface area contributed by atoms with Crippen molar-refractivity contribution in [2.24, 2.45) is 0 Å². The summed E-state index contributed by atoms with van der Waals surface area (Å²) in [5.74, 6) is 1.03. The third-order valence-corrected chi connectivity index (χ3v) is 3.86. The summed E-state index contributed by atoms with van der Waals surface area (Å²) < 4.78 is 0. The van der Waals surface area contributed by atoms with Gasteiger partial charge in [0.25, 0.3) is 0 Å². The number of hydrogen-bond donors (Lipinski definition) is 0. The molecule has 1 aromatic rings. The van der Waals surface area contributed by atoms with Crippen LogP contribution in [0.4, 0.5) is 0 Å². The number of aldehydes is 1. The van der Waals surface area contributed by atoms with Gasteiger partial charge in [0.15, 0.2) is 0 Å². The molecule has 102 valence electrons. The minimum atomic E-state index is 0.870. The molecule has 0 aliphatic carbocycles. The lowest BCUT2D eigenvalue weighted by Gasteiger charge is -2.02. The molecular weight excluding hydrogens is 252 g/mol. The van der Waals surface area contributed by atoms with Crippen LogP contribution in [0.25, 0.3) is 0 Å². The molecule has 0 radical (unpaired) electrons. The molecule has 0 N–H and O–H groups in total. The highest BCUT2D eigenvalue weighted by Gasteiger charge is 1.94. The molecule has 1 aromatic carbocycles. The molecule has 0 atom stereocenters. The van der Waals surface area contributed by atoms with E-state index in [4.69, 9.17) is 0 Å². The van der Waals surface area contributed by atoms with Crippen molar-refractivity contribution in [2.75, 3.05) is 5.75 Å². The number of carbonyl (C=O) groups excluding carboxylic acids is 1. The first-order valence-electron chi connectivity index (χ1n) is 6.67. The number of rotatable bonds is 8. The van der Waals surface area contributed by atoms with Gasteiger partial charge in [0.2, 0.25) is 0 Å². The summed E-state index contributed by atoms with van der Waals surface area (Å²) in [4.78, 5) is 11.6.